The number of rotatable bonds is 9. The predicted molar refractivity (Wildman–Crippen MR) is 137 cm³/mol. The number of carbonyl (C=O) groups excluding carboxylic acids is 1. The second kappa shape index (κ2) is 11.7. The van der Waals surface area contributed by atoms with Crippen LogP contribution in [0.1, 0.15) is 35.5 Å². The van der Waals surface area contributed by atoms with Gasteiger partial charge >= 0.3 is 6.03 Å². The Hall–Kier alpha value is -3.65. The van der Waals surface area contributed by atoms with Crippen LogP contribution in [-0.4, -0.2) is 27.3 Å². The molecule has 1 aromatic heterocycles. The van der Waals surface area contributed by atoms with Crippen molar-refractivity contribution in [1.29, 1.82) is 0 Å². The fraction of sp³-hybridized carbons (Fsp3) is 0.222. The van der Waals surface area contributed by atoms with Gasteiger partial charge in [0.25, 0.3) is 0 Å². The Bertz CT molecular complexity index is 1240. The standard InChI is InChI=1S/C27H28FN5OS/c1-3-29-26(34)30-24(17-20-7-5-4-6-8-20)25-31-32-27(33(25)23-15-9-19(2)10-16-23)35-18-21-11-13-22(28)14-12-21/h4-16,24H,3,17-18H2,1-2H3,(H2,29,30,34). The summed E-state index contributed by atoms with van der Waals surface area (Å²) < 4.78 is 15.3. The highest BCUT2D eigenvalue weighted by Crippen LogP contribution is 2.29. The third kappa shape index (κ3) is 6.48. The van der Waals surface area contributed by atoms with E-state index in [1.54, 1.807) is 12.1 Å². The van der Waals surface area contributed by atoms with Crippen molar-refractivity contribution in [2.75, 3.05) is 6.54 Å². The third-order valence-corrected chi connectivity index (χ3v) is 6.47. The SMILES string of the molecule is CCNC(=O)NC(Cc1ccccc1)c1nnc(SCc2ccc(F)cc2)n1-c1ccc(C)cc1. The molecule has 0 bridgehead atoms. The minimum absolute atomic E-state index is 0.257. The Morgan fingerprint density at radius 1 is 0.971 bits per heavy atom. The maximum absolute atomic E-state index is 13.3. The van der Waals surface area contributed by atoms with Gasteiger partial charge in [-0.2, -0.15) is 0 Å². The molecule has 0 fully saturated rings. The molecular formula is C27H28FN5OS. The lowest BCUT2D eigenvalue weighted by Crippen LogP contribution is -2.39. The van der Waals surface area contributed by atoms with Crippen LogP contribution in [0.2, 0.25) is 0 Å². The molecule has 0 radical (unpaired) electrons. The van der Waals surface area contributed by atoms with Crippen LogP contribution in [0.15, 0.2) is 84.0 Å². The molecule has 0 aliphatic heterocycles. The summed E-state index contributed by atoms with van der Waals surface area (Å²) in [6.45, 7) is 4.44. The van der Waals surface area contributed by atoms with Crippen molar-refractivity contribution in [2.24, 2.45) is 0 Å². The first-order valence-electron chi connectivity index (χ1n) is 11.5. The zero-order valence-electron chi connectivity index (χ0n) is 19.7. The van der Waals surface area contributed by atoms with E-state index >= 15 is 0 Å². The number of carbonyl (C=O) groups is 1. The number of halogens is 1. The Labute approximate surface area is 209 Å². The van der Waals surface area contributed by atoms with Crippen molar-refractivity contribution in [3.63, 3.8) is 0 Å². The first-order chi connectivity index (χ1) is 17.0. The van der Waals surface area contributed by atoms with Gasteiger partial charge in [-0.3, -0.25) is 4.57 Å². The van der Waals surface area contributed by atoms with Crippen molar-refractivity contribution in [1.82, 2.24) is 25.4 Å². The molecule has 1 heterocycles. The summed E-state index contributed by atoms with van der Waals surface area (Å²) in [6.07, 6.45) is 0.560. The van der Waals surface area contributed by atoms with Gasteiger partial charge in [-0.25, -0.2) is 9.18 Å². The lowest BCUT2D eigenvalue weighted by Gasteiger charge is -2.20. The fourth-order valence-electron chi connectivity index (χ4n) is 3.69. The molecule has 4 rings (SSSR count). The van der Waals surface area contributed by atoms with Crippen LogP contribution in [-0.2, 0) is 12.2 Å². The molecule has 0 aliphatic carbocycles. The Morgan fingerprint density at radius 3 is 2.37 bits per heavy atom. The van der Waals surface area contributed by atoms with Crippen molar-refractivity contribution in [2.45, 2.75) is 37.2 Å². The summed E-state index contributed by atoms with van der Waals surface area (Å²) in [5, 5.41) is 15.6. The second-order valence-corrected chi connectivity index (χ2v) is 9.12. The van der Waals surface area contributed by atoms with Gasteiger partial charge in [0.2, 0.25) is 0 Å². The second-order valence-electron chi connectivity index (χ2n) is 8.17. The predicted octanol–water partition coefficient (Wildman–Crippen LogP) is 5.61. The molecule has 2 amide bonds. The quantitative estimate of drug-likeness (QED) is 0.300. The van der Waals surface area contributed by atoms with E-state index in [2.05, 4.69) is 20.8 Å². The first-order valence-corrected chi connectivity index (χ1v) is 12.5. The largest absolute Gasteiger partial charge is 0.338 e. The number of amides is 2. The topological polar surface area (TPSA) is 71.8 Å². The van der Waals surface area contributed by atoms with Gasteiger partial charge in [0.05, 0.1) is 6.04 Å². The van der Waals surface area contributed by atoms with Crippen LogP contribution in [0.4, 0.5) is 9.18 Å². The van der Waals surface area contributed by atoms with Crippen LogP contribution < -0.4 is 10.6 Å². The summed E-state index contributed by atoms with van der Waals surface area (Å²) in [7, 11) is 0. The van der Waals surface area contributed by atoms with Gasteiger partial charge in [0.1, 0.15) is 5.82 Å². The summed E-state index contributed by atoms with van der Waals surface area (Å²) in [5.41, 5.74) is 4.11. The van der Waals surface area contributed by atoms with E-state index < -0.39 is 6.04 Å². The van der Waals surface area contributed by atoms with E-state index in [0.29, 0.717) is 29.7 Å². The molecule has 0 saturated carbocycles. The van der Waals surface area contributed by atoms with E-state index in [9.17, 15) is 9.18 Å². The van der Waals surface area contributed by atoms with Crippen LogP contribution in [0.3, 0.4) is 0 Å². The zero-order valence-corrected chi connectivity index (χ0v) is 20.6. The molecule has 0 saturated heterocycles. The van der Waals surface area contributed by atoms with Crippen molar-refractivity contribution >= 4 is 17.8 Å². The molecule has 35 heavy (non-hydrogen) atoms. The van der Waals surface area contributed by atoms with Crippen LogP contribution in [0.5, 0.6) is 0 Å². The summed E-state index contributed by atoms with van der Waals surface area (Å²) in [5.74, 6) is 0.992. The molecule has 2 N–H and O–H groups in total. The van der Waals surface area contributed by atoms with Crippen molar-refractivity contribution in [3.05, 3.63) is 107 Å². The average molecular weight is 490 g/mol. The summed E-state index contributed by atoms with van der Waals surface area (Å²) in [4.78, 5) is 12.5. The van der Waals surface area contributed by atoms with E-state index in [1.807, 2.05) is 73.0 Å². The van der Waals surface area contributed by atoms with Crippen LogP contribution in [0, 0.1) is 12.7 Å². The maximum Gasteiger partial charge on any atom is 0.315 e. The number of hydrogen-bond acceptors (Lipinski definition) is 4. The molecule has 0 aliphatic rings. The van der Waals surface area contributed by atoms with Gasteiger partial charge in [0.15, 0.2) is 11.0 Å². The number of aryl methyl sites for hydroxylation is 1. The van der Waals surface area contributed by atoms with Crippen molar-refractivity contribution in [3.8, 4) is 5.69 Å². The molecule has 0 spiro atoms. The van der Waals surface area contributed by atoms with Crippen molar-refractivity contribution < 1.29 is 9.18 Å². The highest BCUT2D eigenvalue weighted by Gasteiger charge is 2.25. The fourth-order valence-corrected chi connectivity index (χ4v) is 4.61. The molecule has 1 atom stereocenters. The van der Waals surface area contributed by atoms with Gasteiger partial charge in [-0.05, 0) is 49.2 Å². The van der Waals surface area contributed by atoms with Gasteiger partial charge in [-0.1, -0.05) is 71.9 Å². The third-order valence-electron chi connectivity index (χ3n) is 5.47. The first kappa shape index (κ1) is 24.5. The molecule has 4 aromatic rings. The molecule has 8 heteroatoms. The lowest BCUT2D eigenvalue weighted by atomic mass is 10.1. The number of nitrogens with zero attached hydrogens (tertiary/aromatic N) is 3. The lowest BCUT2D eigenvalue weighted by molar-refractivity contribution is 0.237. The average Bonchev–Trinajstić information content (AvgIpc) is 3.28. The molecule has 180 valence electrons. The monoisotopic (exact) mass is 489 g/mol. The van der Waals surface area contributed by atoms with E-state index in [1.165, 1.54) is 23.9 Å². The van der Waals surface area contributed by atoms with E-state index in [4.69, 9.17) is 0 Å². The van der Waals surface area contributed by atoms with Gasteiger partial charge in [-0.15, -0.1) is 10.2 Å². The minimum atomic E-state index is -0.405. The van der Waals surface area contributed by atoms with E-state index in [0.717, 1.165) is 22.4 Å². The zero-order chi connectivity index (χ0) is 24.6. The number of benzene rings is 3. The normalized spacial score (nSPS) is 11.7. The number of nitrogens with one attached hydrogen (secondary N) is 2. The highest BCUT2D eigenvalue weighted by molar-refractivity contribution is 7.98. The number of aromatic nitrogens is 3. The molecule has 3 aromatic carbocycles. The molecule has 6 nitrogen and oxygen atoms in total. The Balaban J connectivity index is 1.71. The maximum atomic E-state index is 13.3. The Morgan fingerprint density at radius 2 is 1.69 bits per heavy atom. The van der Waals surface area contributed by atoms with E-state index in [-0.39, 0.29) is 11.8 Å². The smallest absolute Gasteiger partial charge is 0.315 e. The number of urea groups is 1. The number of thioether (sulfide) groups is 1. The summed E-state index contributed by atoms with van der Waals surface area (Å²) in [6, 6.07) is 23.9. The highest BCUT2D eigenvalue weighted by atomic mass is 32.2. The van der Waals surface area contributed by atoms with Crippen LogP contribution in [0.25, 0.3) is 5.69 Å². The molecular weight excluding hydrogens is 461 g/mol. The van der Waals surface area contributed by atoms with Gasteiger partial charge in [0, 0.05) is 24.4 Å². The van der Waals surface area contributed by atoms with Gasteiger partial charge < -0.3 is 10.6 Å². The van der Waals surface area contributed by atoms with Crippen LogP contribution >= 0.6 is 11.8 Å². The minimum Gasteiger partial charge on any atom is -0.338 e. The summed E-state index contributed by atoms with van der Waals surface area (Å²) >= 11 is 1.52. The molecule has 1 unspecified atom stereocenters. The Kier molecular flexibility index (Phi) is 8.15. The number of hydrogen-bond donors (Lipinski definition) is 2.